The molecule has 1 amide bonds. The van der Waals surface area contributed by atoms with Crippen molar-refractivity contribution in [1.82, 2.24) is 4.90 Å². The number of nitrogens with zero attached hydrogens (tertiary/aromatic N) is 1. The quantitative estimate of drug-likeness (QED) is 0.892. The van der Waals surface area contributed by atoms with E-state index in [4.69, 9.17) is 4.74 Å². The van der Waals surface area contributed by atoms with Crippen molar-refractivity contribution in [3.05, 3.63) is 35.9 Å². The monoisotopic (exact) mass is 289 g/mol. The fourth-order valence-electron chi connectivity index (χ4n) is 2.08. The maximum absolute atomic E-state index is 13.3. The number of morpholine rings is 1. The van der Waals surface area contributed by atoms with Crippen LogP contribution >= 0.6 is 0 Å². The van der Waals surface area contributed by atoms with Gasteiger partial charge in [0.1, 0.15) is 0 Å². The molecule has 0 radical (unpaired) electrons. The number of amides is 1. The van der Waals surface area contributed by atoms with E-state index in [-0.39, 0.29) is 26.3 Å². The lowest BCUT2D eigenvalue weighted by Gasteiger charge is -2.36. The number of hydrogen-bond donors (Lipinski definition) is 1. The molecule has 1 aromatic rings. The molecule has 2 rings (SSSR count). The van der Waals surface area contributed by atoms with E-state index >= 15 is 0 Å². The second-order valence-corrected chi connectivity index (χ2v) is 4.48. The van der Waals surface area contributed by atoms with Crippen molar-refractivity contribution in [1.29, 1.82) is 0 Å². The lowest BCUT2D eigenvalue weighted by molar-refractivity contribution is -0.262. The molecule has 0 aromatic heterocycles. The smallest absolute Gasteiger partial charge is 0.378 e. The highest BCUT2D eigenvalue weighted by atomic mass is 19.4. The van der Waals surface area contributed by atoms with Gasteiger partial charge in [-0.3, -0.25) is 4.79 Å². The molecule has 1 aliphatic rings. The molecule has 0 bridgehead atoms. The van der Waals surface area contributed by atoms with Crippen molar-refractivity contribution in [2.75, 3.05) is 26.3 Å². The number of ether oxygens (including phenoxy) is 1. The third-order valence-electron chi connectivity index (χ3n) is 3.21. The van der Waals surface area contributed by atoms with Crippen molar-refractivity contribution in [3.8, 4) is 0 Å². The molecular formula is C13H14F3NO3. The van der Waals surface area contributed by atoms with Gasteiger partial charge in [-0.1, -0.05) is 30.3 Å². The number of hydrogen-bond acceptors (Lipinski definition) is 3. The van der Waals surface area contributed by atoms with Crippen LogP contribution in [0.1, 0.15) is 5.56 Å². The molecule has 1 aliphatic heterocycles. The number of rotatable bonds is 2. The van der Waals surface area contributed by atoms with Crippen LogP contribution < -0.4 is 0 Å². The van der Waals surface area contributed by atoms with Gasteiger partial charge < -0.3 is 14.7 Å². The van der Waals surface area contributed by atoms with Gasteiger partial charge in [-0.2, -0.15) is 13.2 Å². The van der Waals surface area contributed by atoms with Gasteiger partial charge >= 0.3 is 6.18 Å². The average molecular weight is 289 g/mol. The number of carbonyl (C=O) groups excluding carboxylic acids is 1. The molecule has 4 nitrogen and oxygen atoms in total. The Balaban J connectivity index is 2.40. The Morgan fingerprint density at radius 1 is 1.15 bits per heavy atom. The molecule has 0 aliphatic carbocycles. The Morgan fingerprint density at radius 2 is 1.70 bits per heavy atom. The van der Waals surface area contributed by atoms with Crippen LogP contribution in [0.15, 0.2) is 30.3 Å². The molecular weight excluding hydrogens is 275 g/mol. The lowest BCUT2D eigenvalue weighted by atomic mass is 9.91. The standard InChI is InChI=1S/C13H14F3NO3/c14-13(15,16)12(19,10-4-2-1-3-5-10)11(18)17-6-8-20-9-7-17/h1-5,19H,6-9H2. The van der Waals surface area contributed by atoms with Crippen LogP contribution in [0, 0.1) is 0 Å². The fourth-order valence-corrected chi connectivity index (χ4v) is 2.08. The predicted molar refractivity (Wildman–Crippen MR) is 63.8 cm³/mol. The van der Waals surface area contributed by atoms with Gasteiger partial charge in [0.05, 0.1) is 13.2 Å². The summed E-state index contributed by atoms with van der Waals surface area (Å²) < 4.78 is 44.8. The summed E-state index contributed by atoms with van der Waals surface area (Å²) in [5, 5.41) is 10.1. The van der Waals surface area contributed by atoms with Crippen LogP contribution in [-0.2, 0) is 15.1 Å². The zero-order chi connectivity index (χ0) is 14.8. The summed E-state index contributed by atoms with van der Waals surface area (Å²) in [6, 6.07) is 6.38. The van der Waals surface area contributed by atoms with Crippen LogP contribution in [0.5, 0.6) is 0 Å². The molecule has 1 fully saturated rings. The van der Waals surface area contributed by atoms with E-state index in [1.807, 2.05) is 0 Å². The topological polar surface area (TPSA) is 49.8 Å². The van der Waals surface area contributed by atoms with E-state index in [2.05, 4.69) is 0 Å². The molecule has 7 heteroatoms. The Bertz CT molecular complexity index is 471. The first-order valence-corrected chi connectivity index (χ1v) is 6.09. The third kappa shape index (κ3) is 2.51. The number of benzene rings is 1. The predicted octanol–water partition coefficient (Wildman–Crippen LogP) is 1.30. The molecule has 1 saturated heterocycles. The van der Waals surface area contributed by atoms with Crippen LogP contribution in [0.4, 0.5) is 13.2 Å². The molecule has 1 heterocycles. The van der Waals surface area contributed by atoms with E-state index in [9.17, 15) is 23.1 Å². The van der Waals surface area contributed by atoms with Crippen molar-refractivity contribution in [2.24, 2.45) is 0 Å². The van der Waals surface area contributed by atoms with Gasteiger partial charge in [0.15, 0.2) is 0 Å². The maximum atomic E-state index is 13.3. The van der Waals surface area contributed by atoms with E-state index in [0.717, 1.165) is 17.0 Å². The summed E-state index contributed by atoms with van der Waals surface area (Å²) in [5.41, 5.74) is -4.00. The molecule has 1 N–H and O–H groups in total. The highest BCUT2D eigenvalue weighted by molar-refractivity contribution is 5.87. The van der Waals surface area contributed by atoms with Gasteiger partial charge in [-0.05, 0) is 0 Å². The molecule has 1 unspecified atom stereocenters. The minimum atomic E-state index is -5.09. The van der Waals surface area contributed by atoms with Crippen LogP contribution in [0.3, 0.4) is 0 Å². The summed E-state index contributed by atoms with van der Waals surface area (Å²) in [7, 11) is 0. The summed E-state index contributed by atoms with van der Waals surface area (Å²) in [6.07, 6.45) is -5.09. The fraction of sp³-hybridized carbons (Fsp3) is 0.462. The van der Waals surface area contributed by atoms with Crippen molar-refractivity contribution >= 4 is 5.91 Å². The van der Waals surface area contributed by atoms with E-state index in [1.54, 1.807) is 0 Å². The average Bonchev–Trinajstić information content (AvgIpc) is 2.46. The zero-order valence-electron chi connectivity index (χ0n) is 10.6. The normalized spacial score (nSPS) is 19.5. The number of aliphatic hydroxyl groups is 1. The minimum absolute atomic E-state index is 0.0318. The van der Waals surface area contributed by atoms with E-state index < -0.39 is 23.2 Å². The second kappa shape index (κ2) is 5.41. The van der Waals surface area contributed by atoms with Gasteiger partial charge in [-0.15, -0.1) is 0 Å². The second-order valence-electron chi connectivity index (χ2n) is 4.48. The van der Waals surface area contributed by atoms with E-state index in [1.165, 1.54) is 18.2 Å². The molecule has 1 atom stereocenters. The van der Waals surface area contributed by atoms with Gasteiger partial charge in [0, 0.05) is 18.7 Å². The van der Waals surface area contributed by atoms with Gasteiger partial charge in [-0.25, -0.2) is 0 Å². The van der Waals surface area contributed by atoms with Crippen molar-refractivity contribution < 1.29 is 27.8 Å². The van der Waals surface area contributed by atoms with Crippen LogP contribution in [0.2, 0.25) is 0 Å². The molecule has 0 saturated carbocycles. The minimum Gasteiger partial charge on any atom is -0.378 e. The first kappa shape index (κ1) is 14.8. The SMILES string of the molecule is O=C(N1CCOCC1)C(O)(c1ccccc1)C(F)(F)F. The maximum Gasteiger partial charge on any atom is 0.430 e. The molecule has 110 valence electrons. The first-order valence-electron chi connectivity index (χ1n) is 6.09. The third-order valence-corrected chi connectivity index (χ3v) is 3.21. The summed E-state index contributed by atoms with van der Waals surface area (Å²) in [6.45, 7) is 0.386. The molecule has 20 heavy (non-hydrogen) atoms. The number of alkyl halides is 3. The first-order chi connectivity index (χ1) is 9.37. The summed E-state index contributed by atoms with van der Waals surface area (Å²) in [4.78, 5) is 13.1. The molecule has 1 aromatic carbocycles. The highest BCUT2D eigenvalue weighted by Gasteiger charge is 2.62. The Morgan fingerprint density at radius 3 is 2.20 bits per heavy atom. The van der Waals surface area contributed by atoms with Gasteiger partial charge in [0.25, 0.3) is 11.5 Å². The van der Waals surface area contributed by atoms with Crippen LogP contribution in [0.25, 0.3) is 0 Å². The van der Waals surface area contributed by atoms with Crippen molar-refractivity contribution in [2.45, 2.75) is 11.8 Å². The Labute approximate surface area is 113 Å². The Hall–Kier alpha value is -1.60. The Kier molecular flexibility index (Phi) is 4.01. The number of halogens is 3. The zero-order valence-corrected chi connectivity index (χ0v) is 10.6. The highest BCUT2D eigenvalue weighted by Crippen LogP contribution is 2.40. The molecule has 0 spiro atoms. The number of carbonyl (C=O) groups is 1. The van der Waals surface area contributed by atoms with Gasteiger partial charge in [0.2, 0.25) is 0 Å². The summed E-state index contributed by atoms with van der Waals surface area (Å²) in [5.74, 6) is -1.36. The van der Waals surface area contributed by atoms with Crippen LogP contribution in [-0.4, -0.2) is 48.4 Å². The van der Waals surface area contributed by atoms with E-state index in [0.29, 0.717) is 0 Å². The van der Waals surface area contributed by atoms with Crippen molar-refractivity contribution in [3.63, 3.8) is 0 Å². The lowest BCUT2D eigenvalue weighted by Crippen LogP contribution is -2.57. The largest absolute Gasteiger partial charge is 0.430 e. The summed E-state index contributed by atoms with van der Waals surface area (Å²) >= 11 is 0.